The van der Waals surface area contributed by atoms with Gasteiger partial charge in [-0.2, -0.15) is 0 Å². The van der Waals surface area contributed by atoms with Crippen LogP contribution in [0.1, 0.15) is 29.8 Å². The highest BCUT2D eigenvalue weighted by Crippen LogP contribution is 1.95. The van der Waals surface area contributed by atoms with Crippen molar-refractivity contribution in [1.29, 1.82) is 0 Å². The fraction of sp³-hybridized carbons (Fsp3) is 0.500. The molecule has 0 aliphatic carbocycles. The predicted octanol–water partition coefficient (Wildman–Crippen LogP) is -0.294. The first-order valence-electron chi connectivity index (χ1n) is 4.47. The maximum absolute atomic E-state index is 11.4. The van der Waals surface area contributed by atoms with Crippen LogP contribution in [0.4, 0.5) is 0 Å². The second-order valence-electron chi connectivity index (χ2n) is 3.02. The second-order valence-corrected chi connectivity index (χ2v) is 3.02. The van der Waals surface area contributed by atoms with Crippen LogP contribution >= 0.6 is 0 Å². The number of rotatable bonds is 4. The molecule has 15 heavy (non-hydrogen) atoms. The van der Waals surface area contributed by atoms with E-state index >= 15 is 0 Å². The molecule has 7 nitrogen and oxygen atoms in total. The zero-order valence-electron chi connectivity index (χ0n) is 8.44. The Morgan fingerprint density at radius 2 is 2.27 bits per heavy atom. The third kappa shape index (κ3) is 2.76. The van der Waals surface area contributed by atoms with E-state index in [9.17, 15) is 9.59 Å². The summed E-state index contributed by atoms with van der Waals surface area (Å²) in [7, 11) is 0. The van der Waals surface area contributed by atoms with Crippen LogP contribution in [0.15, 0.2) is 0 Å². The quantitative estimate of drug-likeness (QED) is 0.635. The third-order valence-corrected chi connectivity index (χ3v) is 1.81. The highest BCUT2D eigenvalue weighted by Gasteiger charge is 2.20. The molecule has 1 aromatic heterocycles. The van der Waals surface area contributed by atoms with E-state index in [4.69, 9.17) is 5.11 Å². The molecule has 82 valence electrons. The first kappa shape index (κ1) is 11.2. The maximum atomic E-state index is 11.4. The summed E-state index contributed by atoms with van der Waals surface area (Å²) in [5.74, 6) is -1.21. The van der Waals surface area contributed by atoms with Crippen molar-refractivity contribution in [2.45, 2.75) is 26.3 Å². The molecule has 0 fully saturated rings. The summed E-state index contributed by atoms with van der Waals surface area (Å²) >= 11 is 0. The topological polar surface area (TPSA) is 108 Å². The fourth-order valence-electron chi connectivity index (χ4n) is 1.01. The van der Waals surface area contributed by atoms with Crippen molar-refractivity contribution in [3.8, 4) is 0 Å². The Morgan fingerprint density at radius 3 is 2.67 bits per heavy atom. The molecule has 0 radical (unpaired) electrons. The summed E-state index contributed by atoms with van der Waals surface area (Å²) in [6, 6.07) is -0.906. The van der Waals surface area contributed by atoms with Crippen LogP contribution in [-0.2, 0) is 4.79 Å². The molecule has 1 rings (SSSR count). The Bertz CT molecular complexity index is 374. The molecule has 0 unspecified atom stereocenters. The number of hydrogen-bond donors (Lipinski definition) is 3. The van der Waals surface area contributed by atoms with E-state index in [1.54, 1.807) is 13.8 Å². The van der Waals surface area contributed by atoms with Crippen LogP contribution in [0.2, 0.25) is 0 Å². The first-order chi connectivity index (χ1) is 7.04. The van der Waals surface area contributed by atoms with E-state index in [2.05, 4.69) is 20.5 Å². The highest BCUT2D eigenvalue weighted by molar-refractivity contribution is 5.93. The van der Waals surface area contributed by atoms with Gasteiger partial charge in [0.15, 0.2) is 0 Å². The van der Waals surface area contributed by atoms with Gasteiger partial charge in [0.2, 0.25) is 5.82 Å². The minimum atomic E-state index is -1.07. The number of hydrogen-bond acceptors (Lipinski definition) is 4. The molecule has 0 aliphatic heterocycles. The molecule has 3 N–H and O–H groups in total. The van der Waals surface area contributed by atoms with E-state index in [1.807, 2.05) is 0 Å². The summed E-state index contributed by atoms with van der Waals surface area (Å²) in [5, 5.41) is 17.1. The smallest absolute Gasteiger partial charge is 0.326 e. The molecular weight excluding hydrogens is 200 g/mol. The number of nitrogens with one attached hydrogen (secondary N) is 2. The molecule has 0 saturated heterocycles. The van der Waals surface area contributed by atoms with Crippen LogP contribution < -0.4 is 5.32 Å². The van der Waals surface area contributed by atoms with Gasteiger partial charge in [-0.3, -0.25) is 9.89 Å². The molecule has 0 aromatic carbocycles. The lowest BCUT2D eigenvalue weighted by molar-refractivity contribution is -0.139. The number of amides is 1. The lowest BCUT2D eigenvalue weighted by Crippen LogP contribution is -2.40. The van der Waals surface area contributed by atoms with Crippen molar-refractivity contribution in [3.05, 3.63) is 11.6 Å². The zero-order chi connectivity index (χ0) is 11.4. The van der Waals surface area contributed by atoms with Gasteiger partial charge in [0.1, 0.15) is 11.9 Å². The second kappa shape index (κ2) is 4.54. The van der Waals surface area contributed by atoms with Crippen LogP contribution in [0.5, 0.6) is 0 Å². The summed E-state index contributed by atoms with van der Waals surface area (Å²) in [6.45, 7) is 3.32. The van der Waals surface area contributed by atoms with E-state index in [0.29, 0.717) is 12.2 Å². The lowest BCUT2D eigenvalue weighted by atomic mass is 10.2. The van der Waals surface area contributed by atoms with E-state index in [1.165, 1.54) is 0 Å². The van der Waals surface area contributed by atoms with Crippen LogP contribution in [0.3, 0.4) is 0 Å². The largest absolute Gasteiger partial charge is 0.480 e. The molecule has 1 amide bonds. The molecule has 1 aromatic rings. The fourth-order valence-corrected chi connectivity index (χ4v) is 1.01. The average Bonchev–Trinajstić information content (AvgIpc) is 2.60. The Labute approximate surface area is 85.9 Å². The van der Waals surface area contributed by atoms with Gasteiger partial charge in [-0.05, 0) is 13.3 Å². The normalized spacial score (nSPS) is 12.1. The number of carboxylic acid groups (broad SMARTS) is 1. The van der Waals surface area contributed by atoms with Crippen molar-refractivity contribution in [2.24, 2.45) is 0 Å². The number of carboxylic acids is 1. The number of carbonyl (C=O) groups excluding carboxylic acids is 1. The third-order valence-electron chi connectivity index (χ3n) is 1.81. The molecule has 0 saturated carbocycles. The predicted molar refractivity (Wildman–Crippen MR) is 50.3 cm³/mol. The van der Waals surface area contributed by atoms with E-state index in [0.717, 1.165) is 0 Å². The van der Waals surface area contributed by atoms with Gasteiger partial charge in [0, 0.05) is 0 Å². The summed E-state index contributed by atoms with van der Waals surface area (Å²) < 4.78 is 0. The number of aryl methyl sites for hydroxylation is 1. The van der Waals surface area contributed by atoms with Gasteiger partial charge in [-0.25, -0.2) is 9.78 Å². The Morgan fingerprint density at radius 1 is 1.60 bits per heavy atom. The number of carbonyl (C=O) groups is 2. The first-order valence-corrected chi connectivity index (χ1v) is 4.47. The summed E-state index contributed by atoms with van der Waals surface area (Å²) in [4.78, 5) is 25.8. The molecule has 1 atom stereocenters. The van der Waals surface area contributed by atoms with Crippen molar-refractivity contribution in [3.63, 3.8) is 0 Å². The monoisotopic (exact) mass is 212 g/mol. The molecule has 7 heteroatoms. The summed E-state index contributed by atoms with van der Waals surface area (Å²) in [6.07, 6.45) is 0.310. The number of nitrogens with zero attached hydrogens (tertiary/aromatic N) is 2. The Kier molecular flexibility index (Phi) is 3.37. The minimum Gasteiger partial charge on any atom is -0.480 e. The van der Waals surface area contributed by atoms with Gasteiger partial charge in [-0.15, -0.1) is 5.10 Å². The number of aromatic amines is 1. The molecular formula is C8H12N4O3. The number of H-pyrrole nitrogens is 1. The SMILES string of the molecule is CC[C@@H](NC(=O)c1n[nH]c(C)n1)C(=O)O. The van der Waals surface area contributed by atoms with Gasteiger partial charge < -0.3 is 10.4 Å². The van der Waals surface area contributed by atoms with Crippen molar-refractivity contribution >= 4 is 11.9 Å². The van der Waals surface area contributed by atoms with Gasteiger partial charge in [-0.1, -0.05) is 6.92 Å². The van der Waals surface area contributed by atoms with Crippen LogP contribution in [0, 0.1) is 6.92 Å². The van der Waals surface area contributed by atoms with Gasteiger partial charge >= 0.3 is 5.97 Å². The van der Waals surface area contributed by atoms with Crippen molar-refractivity contribution in [1.82, 2.24) is 20.5 Å². The maximum Gasteiger partial charge on any atom is 0.326 e. The number of aliphatic carboxylic acids is 1. The molecule has 0 bridgehead atoms. The zero-order valence-corrected chi connectivity index (χ0v) is 8.44. The average molecular weight is 212 g/mol. The van der Waals surface area contributed by atoms with E-state index < -0.39 is 17.9 Å². The highest BCUT2D eigenvalue weighted by atomic mass is 16.4. The Balaban J connectivity index is 2.66. The molecule has 0 aliphatic rings. The van der Waals surface area contributed by atoms with E-state index in [-0.39, 0.29) is 5.82 Å². The number of aromatic nitrogens is 3. The summed E-state index contributed by atoms with van der Waals surface area (Å²) in [5.41, 5.74) is 0. The van der Waals surface area contributed by atoms with Gasteiger partial charge in [0.25, 0.3) is 5.91 Å². The molecule has 0 spiro atoms. The van der Waals surface area contributed by atoms with Crippen LogP contribution in [0.25, 0.3) is 0 Å². The van der Waals surface area contributed by atoms with Crippen molar-refractivity contribution < 1.29 is 14.7 Å². The van der Waals surface area contributed by atoms with Gasteiger partial charge in [0.05, 0.1) is 0 Å². The minimum absolute atomic E-state index is 0.0489. The lowest BCUT2D eigenvalue weighted by Gasteiger charge is -2.09. The van der Waals surface area contributed by atoms with Crippen molar-refractivity contribution in [2.75, 3.05) is 0 Å². The standard InChI is InChI=1S/C8H12N4O3/c1-3-5(8(14)15)10-7(13)6-9-4(2)11-12-6/h5H,3H2,1-2H3,(H,10,13)(H,14,15)(H,9,11,12)/t5-/m1/s1. The Hall–Kier alpha value is -1.92. The van der Waals surface area contributed by atoms with Crippen LogP contribution in [-0.4, -0.2) is 38.2 Å². The molecule has 1 heterocycles.